The monoisotopic (exact) mass is 419 g/mol. The van der Waals surface area contributed by atoms with E-state index in [-0.39, 0.29) is 5.16 Å². The molecular weight excluding hydrogens is 386 g/mol. The maximum Gasteiger partial charge on any atom is 0.228 e. The molecule has 6 nitrogen and oxygen atoms in total. The molecule has 2 aromatic rings. The first-order valence-corrected chi connectivity index (χ1v) is 12.0. The average molecular weight is 420 g/mol. The molecule has 160 valence electrons. The minimum atomic E-state index is -3.44. The number of nitrogens with zero attached hydrogens (tertiary/aromatic N) is 3. The minimum absolute atomic E-state index is 0.198. The zero-order valence-corrected chi connectivity index (χ0v) is 18.6. The molecule has 1 aromatic heterocycles. The summed E-state index contributed by atoms with van der Waals surface area (Å²) in [4.78, 5) is 6.76. The van der Waals surface area contributed by atoms with E-state index in [0.29, 0.717) is 12.5 Å². The quantitative estimate of drug-likeness (QED) is 0.625. The molecule has 0 unspecified atom stereocenters. The highest BCUT2D eigenvalue weighted by molar-refractivity contribution is 7.91. The maximum atomic E-state index is 12.9. The molecule has 29 heavy (non-hydrogen) atoms. The van der Waals surface area contributed by atoms with Gasteiger partial charge in [0.2, 0.25) is 15.0 Å². The van der Waals surface area contributed by atoms with Crippen LogP contribution in [0, 0.1) is 5.92 Å². The normalized spacial score (nSPS) is 18.4. The topological polar surface area (TPSA) is 64.4 Å². The van der Waals surface area contributed by atoms with Gasteiger partial charge >= 0.3 is 0 Å². The Bertz CT molecular complexity index is 876. The number of hydrogen-bond donors (Lipinski definition) is 0. The largest absolute Gasteiger partial charge is 0.384 e. The number of aromatic nitrogens is 2. The molecule has 0 spiro atoms. The molecule has 1 fully saturated rings. The first kappa shape index (κ1) is 22.0. The predicted octanol–water partition coefficient (Wildman–Crippen LogP) is 3.17. The molecule has 0 bridgehead atoms. The molecule has 0 radical (unpaired) electrons. The lowest BCUT2D eigenvalue weighted by Gasteiger charge is -2.32. The molecule has 1 aliphatic rings. The third-order valence-electron chi connectivity index (χ3n) is 5.63. The Morgan fingerprint density at radius 1 is 1.24 bits per heavy atom. The van der Waals surface area contributed by atoms with Crippen molar-refractivity contribution in [3.63, 3.8) is 0 Å². The fourth-order valence-electron chi connectivity index (χ4n) is 3.98. The van der Waals surface area contributed by atoms with Crippen LogP contribution >= 0.6 is 0 Å². The van der Waals surface area contributed by atoms with Gasteiger partial charge in [0.05, 0.1) is 23.7 Å². The van der Waals surface area contributed by atoms with Crippen molar-refractivity contribution in [2.75, 3.05) is 26.8 Å². The summed E-state index contributed by atoms with van der Waals surface area (Å²) in [6, 6.07) is 10.2. The van der Waals surface area contributed by atoms with Gasteiger partial charge in [0.1, 0.15) is 0 Å². The highest BCUT2D eigenvalue weighted by atomic mass is 32.2. The van der Waals surface area contributed by atoms with E-state index in [0.717, 1.165) is 44.8 Å². The summed E-state index contributed by atoms with van der Waals surface area (Å²) in [5, 5.41) is -0.293. The second-order valence-corrected chi connectivity index (χ2v) is 10.6. The summed E-state index contributed by atoms with van der Waals surface area (Å²) in [6.45, 7) is 7.53. The first-order valence-electron chi connectivity index (χ1n) is 10.4. The van der Waals surface area contributed by atoms with Gasteiger partial charge in [-0.25, -0.2) is 13.4 Å². The van der Waals surface area contributed by atoms with Gasteiger partial charge in [-0.15, -0.1) is 0 Å². The van der Waals surface area contributed by atoms with E-state index in [1.54, 1.807) is 27.2 Å². The SMILES string of the molecule is COC[C@@H]1CCCN(Cc2cnc(S(=O)(=O)C(C)C)n2CCc2ccccc2)C1. The van der Waals surface area contributed by atoms with Crippen LogP contribution in [0.2, 0.25) is 0 Å². The van der Waals surface area contributed by atoms with Crippen LogP contribution in [0.4, 0.5) is 0 Å². The van der Waals surface area contributed by atoms with Crippen LogP contribution < -0.4 is 0 Å². The van der Waals surface area contributed by atoms with Gasteiger partial charge < -0.3 is 9.30 Å². The molecule has 1 saturated heterocycles. The average Bonchev–Trinajstić information content (AvgIpc) is 3.11. The van der Waals surface area contributed by atoms with Crippen LogP contribution in [0.1, 0.15) is 37.9 Å². The van der Waals surface area contributed by atoms with Crippen molar-refractivity contribution in [2.45, 2.75) is 56.6 Å². The van der Waals surface area contributed by atoms with Gasteiger partial charge in [-0.1, -0.05) is 30.3 Å². The molecule has 1 aliphatic heterocycles. The van der Waals surface area contributed by atoms with Crippen molar-refractivity contribution in [3.8, 4) is 0 Å². The summed E-state index contributed by atoms with van der Waals surface area (Å²) < 4.78 is 33.0. The summed E-state index contributed by atoms with van der Waals surface area (Å²) in [5.74, 6) is 0.535. The Balaban J connectivity index is 1.83. The van der Waals surface area contributed by atoms with E-state index in [2.05, 4.69) is 22.0 Å². The van der Waals surface area contributed by atoms with E-state index < -0.39 is 15.1 Å². The van der Waals surface area contributed by atoms with Gasteiger partial charge in [0.15, 0.2) is 0 Å². The second-order valence-electron chi connectivity index (χ2n) is 8.21. The lowest BCUT2D eigenvalue weighted by Crippen LogP contribution is -2.37. The molecule has 1 atom stereocenters. The van der Waals surface area contributed by atoms with E-state index in [9.17, 15) is 8.42 Å². The smallest absolute Gasteiger partial charge is 0.228 e. The van der Waals surface area contributed by atoms with E-state index in [1.165, 1.54) is 12.0 Å². The van der Waals surface area contributed by atoms with Crippen molar-refractivity contribution in [2.24, 2.45) is 5.92 Å². The lowest BCUT2D eigenvalue weighted by molar-refractivity contribution is 0.0861. The molecule has 0 saturated carbocycles. The number of methoxy groups -OCH3 is 1. The van der Waals surface area contributed by atoms with Crippen LogP contribution in [-0.4, -0.2) is 54.9 Å². The Labute approximate surface area is 174 Å². The summed E-state index contributed by atoms with van der Waals surface area (Å²) in [5.41, 5.74) is 2.16. The number of ether oxygens (including phenoxy) is 1. The highest BCUT2D eigenvalue weighted by Gasteiger charge is 2.28. The van der Waals surface area contributed by atoms with Gasteiger partial charge in [-0.3, -0.25) is 4.90 Å². The van der Waals surface area contributed by atoms with Crippen molar-refractivity contribution in [3.05, 3.63) is 47.8 Å². The van der Waals surface area contributed by atoms with Gasteiger partial charge in [-0.05, 0) is 51.1 Å². The third-order valence-corrected chi connectivity index (χ3v) is 7.71. The van der Waals surface area contributed by atoms with Gasteiger partial charge in [0, 0.05) is 26.7 Å². The van der Waals surface area contributed by atoms with Crippen molar-refractivity contribution >= 4 is 9.84 Å². The molecule has 0 N–H and O–H groups in total. The van der Waals surface area contributed by atoms with E-state index >= 15 is 0 Å². The van der Waals surface area contributed by atoms with E-state index in [1.807, 2.05) is 22.8 Å². The number of benzene rings is 1. The Hall–Kier alpha value is -1.70. The third kappa shape index (κ3) is 5.47. The number of piperidine rings is 1. The fraction of sp³-hybridized carbons (Fsp3) is 0.591. The molecule has 0 amide bonds. The zero-order valence-electron chi connectivity index (χ0n) is 17.8. The van der Waals surface area contributed by atoms with Gasteiger partial charge in [0.25, 0.3) is 0 Å². The van der Waals surface area contributed by atoms with Gasteiger partial charge in [-0.2, -0.15) is 0 Å². The van der Waals surface area contributed by atoms with Crippen molar-refractivity contribution < 1.29 is 13.2 Å². The first-order chi connectivity index (χ1) is 13.9. The van der Waals surface area contributed by atoms with Crippen LogP contribution in [0.5, 0.6) is 0 Å². The number of rotatable bonds is 9. The predicted molar refractivity (Wildman–Crippen MR) is 115 cm³/mol. The van der Waals surface area contributed by atoms with Crippen LogP contribution in [0.25, 0.3) is 0 Å². The summed E-state index contributed by atoms with van der Waals surface area (Å²) in [6.07, 6.45) is 4.85. The maximum absolute atomic E-state index is 12.9. The number of aryl methyl sites for hydroxylation is 1. The van der Waals surface area contributed by atoms with Crippen LogP contribution in [-0.2, 0) is 34.1 Å². The van der Waals surface area contributed by atoms with Crippen LogP contribution in [0.3, 0.4) is 0 Å². The number of sulfone groups is 1. The number of likely N-dealkylation sites (tertiary alicyclic amines) is 1. The molecule has 3 rings (SSSR count). The molecule has 0 aliphatic carbocycles. The molecular formula is C22H33N3O3S. The Morgan fingerprint density at radius 3 is 2.69 bits per heavy atom. The zero-order chi connectivity index (χ0) is 20.9. The second kappa shape index (κ2) is 9.87. The highest BCUT2D eigenvalue weighted by Crippen LogP contribution is 2.22. The summed E-state index contributed by atoms with van der Waals surface area (Å²) >= 11 is 0. The Morgan fingerprint density at radius 2 is 2.00 bits per heavy atom. The van der Waals surface area contributed by atoms with E-state index in [4.69, 9.17) is 4.74 Å². The number of imidazole rings is 1. The Kier molecular flexibility index (Phi) is 7.49. The minimum Gasteiger partial charge on any atom is -0.384 e. The fourth-order valence-corrected chi connectivity index (χ4v) is 5.11. The summed E-state index contributed by atoms with van der Waals surface area (Å²) in [7, 11) is -1.69. The standard InChI is InChI=1S/C22H33N3O3S/c1-18(2)29(26,27)22-23-14-21(16-24-12-7-10-20(15-24)17-28-3)25(22)13-11-19-8-5-4-6-9-19/h4-6,8-9,14,18,20H,7,10-13,15-17H2,1-3H3/t20-/m1/s1. The lowest BCUT2D eigenvalue weighted by atomic mass is 9.99. The van der Waals surface area contributed by atoms with Crippen molar-refractivity contribution in [1.82, 2.24) is 14.5 Å². The van der Waals surface area contributed by atoms with Crippen molar-refractivity contribution in [1.29, 1.82) is 0 Å². The molecule has 1 aromatic carbocycles. The molecule has 2 heterocycles. The number of hydrogen-bond acceptors (Lipinski definition) is 5. The molecule has 7 heteroatoms. The van der Waals surface area contributed by atoms with Crippen LogP contribution in [0.15, 0.2) is 41.7 Å².